The van der Waals surface area contributed by atoms with Gasteiger partial charge in [-0.15, -0.1) is 0 Å². The van der Waals surface area contributed by atoms with Gasteiger partial charge in [0.1, 0.15) is 0 Å². The van der Waals surface area contributed by atoms with Crippen molar-refractivity contribution >= 4 is 29.2 Å². The molecule has 0 aromatic heterocycles. The van der Waals surface area contributed by atoms with Crippen LogP contribution in [0.2, 0.25) is 0 Å². The highest BCUT2D eigenvalue weighted by atomic mass is 16.5. The zero-order valence-corrected chi connectivity index (χ0v) is 14.2. The molecule has 6 nitrogen and oxygen atoms in total. The number of hydrogen-bond donors (Lipinski definition) is 1. The van der Waals surface area contributed by atoms with Crippen molar-refractivity contribution in [2.45, 2.75) is 13.8 Å². The number of nitrogens with zero attached hydrogens (tertiary/aromatic N) is 1. The Bertz CT molecular complexity index is 759. The summed E-state index contributed by atoms with van der Waals surface area (Å²) in [5, 5.41) is 2.59. The van der Waals surface area contributed by atoms with Crippen LogP contribution in [0.5, 0.6) is 0 Å². The van der Waals surface area contributed by atoms with Crippen LogP contribution in [0, 0.1) is 0 Å². The average Bonchev–Trinajstić information content (AvgIpc) is 2.61. The van der Waals surface area contributed by atoms with Gasteiger partial charge < -0.3 is 15.0 Å². The molecule has 25 heavy (non-hydrogen) atoms. The Kier molecular flexibility index (Phi) is 6.28. The van der Waals surface area contributed by atoms with Crippen LogP contribution in [0.4, 0.5) is 11.4 Å². The van der Waals surface area contributed by atoms with E-state index in [1.165, 1.54) is 13.0 Å². The van der Waals surface area contributed by atoms with Gasteiger partial charge in [-0.2, -0.15) is 0 Å². The molecular formula is C19H20N2O4. The van der Waals surface area contributed by atoms with Gasteiger partial charge in [0.15, 0.2) is 6.61 Å². The second-order valence-electron chi connectivity index (χ2n) is 5.31. The highest BCUT2D eigenvalue weighted by molar-refractivity contribution is 5.98. The first-order valence-corrected chi connectivity index (χ1v) is 7.91. The zero-order valence-electron chi connectivity index (χ0n) is 14.2. The molecule has 0 heterocycles. The fourth-order valence-electron chi connectivity index (χ4n) is 2.33. The molecule has 2 aromatic rings. The molecule has 2 aromatic carbocycles. The molecule has 0 aliphatic carbocycles. The molecule has 0 aliphatic heterocycles. The molecule has 2 amide bonds. The molecule has 0 atom stereocenters. The topological polar surface area (TPSA) is 75.7 Å². The Balaban J connectivity index is 1.99. The second kappa shape index (κ2) is 8.63. The van der Waals surface area contributed by atoms with Gasteiger partial charge in [-0.1, -0.05) is 24.3 Å². The van der Waals surface area contributed by atoms with Gasteiger partial charge in [0, 0.05) is 24.8 Å². The first kappa shape index (κ1) is 18.2. The molecule has 0 unspecified atom stereocenters. The van der Waals surface area contributed by atoms with Crippen molar-refractivity contribution in [2.75, 3.05) is 23.4 Å². The number of nitrogens with one attached hydrogen (secondary N) is 1. The Morgan fingerprint density at radius 1 is 1.04 bits per heavy atom. The first-order valence-electron chi connectivity index (χ1n) is 7.91. The van der Waals surface area contributed by atoms with Crippen molar-refractivity contribution in [3.8, 4) is 0 Å². The maximum absolute atomic E-state index is 12.3. The molecule has 6 heteroatoms. The molecule has 1 N–H and O–H groups in total. The third-order valence-electron chi connectivity index (χ3n) is 3.43. The number of carbonyl (C=O) groups is 3. The van der Waals surface area contributed by atoms with Crippen LogP contribution in [0.15, 0.2) is 54.6 Å². The largest absolute Gasteiger partial charge is 0.452 e. The van der Waals surface area contributed by atoms with Gasteiger partial charge in [-0.05, 0) is 37.3 Å². The molecule has 0 saturated heterocycles. The predicted octanol–water partition coefficient (Wildman–Crippen LogP) is 2.85. The monoisotopic (exact) mass is 340 g/mol. The van der Waals surface area contributed by atoms with Crippen molar-refractivity contribution < 1.29 is 19.1 Å². The zero-order chi connectivity index (χ0) is 18.2. The van der Waals surface area contributed by atoms with E-state index >= 15 is 0 Å². The van der Waals surface area contributed by atoms with Gasteiger partial charge in [0.25, 0.3) is 5.91 Å². The Hall–Kier alpha value is -3.15. The number of carbonyl (C=O) groups excluding carboxylic acids is 3. The minimum absolute atomic E-state index is 0.234. The number of amides is 2. The van der Waals surface area contributed by atoms with Crippen molar-refractivity contribution in [3.63, 3.8) is 0 Å². The smallest absolute Gasteiger partial charge is 0.338 e. The summed E-state index contributed by atoms with van der Waals surface area (Å²) < 4.78 is 5.11. The van der Waals surface area contributed by atoms with Crippen LogP contribution >= 0.6 is 0 Å². The minimum Gasteiger partial charge on any atom is -0.452 e. The molecule has 2 rings (SSSR count). The molecular weight excluding hydrogens is 320 g/mol. The van der Waals surface area contributed by atoms with E-state index in [0.29, 0.717) is 12.2 Å². The average molecular weight is 340 g/mol. The number of rotatable bonds is 6. The number of ether oxygens (including phenoxy) is 1. The summed E-state index contributed by atoms with van der Waals surface area (Å²) in [6, 6.07) is 15.5. The van der Waals surface area contributed by atoms with E-state index in [4.69, 9.17) is 4.74 Å². The summed E-state index contributed by atoms with van der Waals surface area (Å²) in [6.45, 7) is 3.35. The van der Waals surface area contributed by atoms with Crippen molar-refractivity contribution in [1.29, 1.82) is 0 Å². The third-order valence-corrected chi connectivity index (χ3v) is 3.43. The van der Waals surface area contributed by atoms with Crippen LogP contribution in [0.25, 0.3) is 0 Å². The summed E-state index contributed by atoms with van der Waals surface area (Å²) in [5.41, 5.74) is 1.51. The lowest BCUT2D eigenvalue weighted by molar-refractivity contribution is -0.121. The SMILES string of the molecule is CCN(C(=O)COC(=O)c1cccc(NC(C)=O)c1)c1ccccc1. The fraction of sp³-hybridized carbons (Fsp3) is 0.211. The number of hydrogen-bond acceptors (Lipinski definition) is 4. The summed E-state index contributed by atoms with van der Waals surface area (Å²) in [4.78, 5) is 37.1. The minimum atomic E-state index is -0.621. The summed E-state index contributed by atoms with van der Waals surface area (Å²) in [6.07, 6.45) is 0. The fourth-order valence-corrected chi connectivity index (χ4v) is 2.33. The molecule has 130 valence electrons. The Morgan fingerprint density at radius 3 is 2.40 bits per heavy atom. The van der Waals surface area contributed by atoms with E-state index in [9.17, 15) is 14.4 Å². The van der Waals surface area contributed by atoms with Gasteiger partial charge in [-0.3, -0.25) is 9.59 Å². The Labute approximate surface area is 146 Å². The van der Waals surface area contributed by atoms with E-state index < -0.39 is 5.97 Å². The van der Waals surface area contributed by atoms with Crippen LogP contribution in [-0.2, 0) is 14.3 Å². The van der Waals surface area contributed by atoms with Gasteiger partial charge in [0.2, 0.25) is 5.91 Å². The van der Waals surface area contributed by atoms with E-state index in [1.807, 2.05) is 37.3 Å². The molecule has 0 bridgehead atoms. The number of para-hydroxylation sites is 1. The van der Waals surface area contributed by atoms with Crippen molar-refractivity contribution in [3.05, 3.63) is 60.2 Å². The standard InChI is InChI=1S/C19H20N2O4/c1-3-21(17-10-5-4-6-11-17)18(23)13-25-19(24)15-8-7-9-16(12-15)20-14(2)22/h4-12H,3,13H2,1-2H3,(H,20,22). The van der Waals surface area contributed by atoms with E-state index in [-0.39, 0.29) is 24.0 Å². The van der Waals surface area contributed by atoms with Gasteiger partial charge >= 0.3 is 5.97 Å². The predicted molar refractivity (Wildman–Crippen MR) is 95.5 cm³/mol. The maximum atomic E-state index is 12.3. The van der Waals surface area contributed by atoms with E-state index in [1.54, 1.807) is 23.1 Å². The molecule has 0 radical (unpaired) electrons. The molecule has 0 saturated carbocycles. The lowest BCUT2D eigenvalue weighted by Gasteiger charge is -2.20. The van der Waals surface area contributed by atoms with E-state index in [2.05, 4.69) is 5.32 Å². The van der Waals surface area contributed by atoms with Gasteiger partial charge in [-0.25, -0.2) is 4.79 Å². The summed E-state index contributed by atoms with van der Waals surface area (Å²) in [7, 11) is 0. The summed E-state index contributed by atoms with van der Waals surface area (Å²) in [5.74, 6) is -1.16. The highest BCUT2D eigenvalue weighted by Gasteiger charge is 2.17. The lowest BCUT2D eigenvalue weighted by Crippen LogP contribution is -2.34. The molecule has 0 spiro atoms. The van der Waals surface area contributed by atoms with Crippen LogP contribution < -0.4 is 10.2 Å². The lowest BCUT2D eigenvalue weighted by atomic mass is 10.2. The maximum Gasteiger partial charge on any atom is 0.338 e. The number of anilines is 2. The van der Waals surface area contributed by atoms with Crippen molar-refractivity contribution in [1.82, 2.24) is 0 Å². The molecule has 0 aliphatic rings. The van der Waals surface area contributed by atoms with E-state index in [0.717, 1.165) is 5.69 Å². The third kappa shape index (κ3) is 5.17. The van der Waals surface area contributed by atoms with Crippen LogP contribution in [-0.4, -0.2) is 30.9 Å². The number of benzene rings is 2. The number of likely N-dealkylation sites (N-methyl/N-ethyl adjacent to an activating group) is 1. The number of esters is 1. The highest BCUT2D eigenvalue weighted by Crippen LogP contribution is 2.14. The summed E-state index contributed by atoms with van der Waals surface area (Å²) >= 11 is 0. The quantitative estimate of drug-likeness (QED) is 0.821. The normalized spacial score (nSPS) is 10.0. The molecule has 0 fully saturated rings. The van der Waals surface area contributed by atoms with Crippen LogP contribution in [0.3, 0.4) is 0 Å². The Morgan fingerprint density at radius 2 is 1.76 bits per heavy atom. The first-order chi connectivity index (χ1) is 12.0. The van der Waals surface area contributed by atoms with Crippen LogP contribution in [0.1, 0.15) is 24.2 Å². The van der Waals surface area contributed by atoms with Crippen molar-refractivity contribution in [2.24, 2.45) is 0 Å². The second-order valence-corrected chi connectivity index (χ2v) is 5.31. The van der Waals surface area contributed by atoms with Gasteiger partial charge in [0.05, 0.1) is 5.56 Å².